The van der Waals surface area contributed by atoms with Gasteiger partial charge >= 0.3 is 0 Å². The van der Waals surface area contributed by atoms with Crippen LogP contribution in [-0.4, -0.2) is 17.3 Å². The van der Waals surface area contributed by atoms with Crippen LogP contribution >= 0.6 is 0 Å². The van der Waals surface area contributed by atoms with Gasteiger partial charge in [0.15, 0.2) is 5.82 Å². The van der Waals surface area contributed by atoms with Gasteiger partial charge in [-0.3, -0.25) is 0 Å². The molecule has 1 rings (SSSR count). The summed E-state index contributed by atoms with van der Waals surface area (Å²) in [6.45, 7) is 7.95. The highest BCUT2D eigenvalue weighted by Crippen LogP contribution is 2.29. The standard InChI is InChI=1S/C10H19N3O2/c1-6(14-5)8-12-9(15-13-8)7(11)10(2,3)4/h6-7H,11H2,1-5H3/t6?,7-/m0/s1. The average Bonchev–Trinajstić information content (AvgIpc) is 2.62. The van der Waals surface area contributed by atoms with E-state index in [0.717, 1.165) is 0 Å². The molecule has 0 aliphatic carbocycles. The Morgan fingerprint density at radius 1 is 1.40 bits per heavy atom. The van der Waals surface area contributed by atoms with Crippen LogP contribution in [0.25, 0.3) is 0 Å². The van der Waals surface area contributed by atoms with Crippen LogP contribution in [0.3, 0.4) is 0 Å². The number of ether oxygens (including phenoxy) is 1. The minimum atomic E-state index is -0.261. The molecule has 1 unspecified atom stereocenters. The molecule has 1 heterocycles. The molecular formula is C10H19N3O2. The smallest absolute Gasteiger partial charge is 0.244 e. The van der Waals surface area contributed by atoms with Crippen LogP contribution in [0, 0.1) is 5.41 Å². The van der Waals surface area contributed by atoms with Gasteiger partial charge in [0, 0.05) is 7.11 Å². The van der Waals surface area contributed by atoms with Gasteiger partial charge in [-0.25, -0.2) is 0 Å². The van der Waals surface area contributed by atoms with E-state index in [1.165, 1.54) is 0 Å². The van der Waals surface area contributed by atoms with Crippen molar-refractivity contribution >= 4 is 0 Å². The zero-order valence-electron chi connectivity index (χ0n) is 9.94. The molecule has 15 heavy (non-hydrogen) atoms. The molecule has 2 atom stereocenters. The maximum Gasteiger partial charge on any atom is 0.244 e. The molecule has 2 N–H and O–H groups in total. The van der Waals surface area contributed by atoms with Crippen LogP contribution in [0.5, 0.6) is 0 Å². The summed E-state index contributed by atoms with van der Waals surface area (Å²) >= 11 is 0. The summed E-state index contributed by atoms with van der Waals surface area (Å²) in [5.74, 6) is 0.994. The van der Waals surface area contributed by atoms with E-state index in [0.29, 0.717) is 11.7 Å². The summed E-state index contributed by atoms with van der Waals surface area (Å²) in [6, 6.07) is -0.261. The van der Waals surface area contributed by atoms with E-state index in [4.69, 9.17) is 15.0 Å². The normalized spacial score (nSPS) is 16.4. The van der Waals surface area contributed by atoms with Gasteiger partial charge in [-0.15, -0.1) is 0 Å². The Hall–Kier alpha value is -0.940. The van der Waals surface area contributed by atoms with Gasteiger partial charge < -0.3 is 15.0 Å². The van der Waals surface area contributed by atoms with Crippen LogP contribution in [0.2, 0.25) is 0 Å². The van der Waals surface area contributed by atoms with E-state index >= 15 is 0 Å². The average molecular weight is 213 g/mol. The molecule has 0 amide bonds. The first-order chi connectivity index (χ1) is 6.86. The van der Waals surface area contributed by atoms with E-state index in [9.17, 15) is 0 Å². The first-order valence-corrected chi connectivity index (χ1v) is 4.98. The van der Waals surface area contributed by atoms with E-state index in [-0.39, 0.29) is 17.6 Å². The van der Waals surface area contributed by atoms with Crippen LogP contribution in [0.4, 0.5) is 0 Å². The highest BCUT2D eigenvalue weighted by Gasteiger charge is 2.28. The van der Waals surface area contributed by atoms with E-state index < -0.39 is 0 Å². The molecule has 0 aliphatic rings. The van der Waals surface area contributed by atoms with E-state index in [1.807, 2.05) is 27.7 Å². The van der Waals surface area contributed by atoms with Gasteiger partial charge in [0.2, 0.25) is 5.89 Å². The SMILES string of the molecule is COC(C)c1noc([C@H](N)C(C)(C)C)n1. The first-order valence-electron chi connectivity index (χ1n) is 4.98. The lowest BCUT2D eigenvalue weighted by atomic mass is 9.87. The summed E-state index contributed by atoms with van der Waals surface area (Å²) in [6.07, 6.45) is -0.172. The minimum absolute atomic E-state index is 0.0971. The van der Waals surface area contributed by atoms with Gasteiger partial charge in [0.05, 0.1) is 6.04 Å². The summed E-state index contributed by atoms with van der Waals surface area (Å²) in [5, 5.41) is 3.83. The van der Waals surface area contributed by atoms with Crippen LogP contribution in [0.1, 0.15) is 51.6 Å². The predicted octanol–water partition coefficient (Wildman–Crippen LogP) is 1.82. The number of hydrogen-bond donors (Lipinski definition) is 1. The molecule has 0 bridgehead atoms. The number of hydrogen-bond acceptors (Lipinski definition) is 5. The van der Waals surface area contributed by atoms with Crippen LogP contribution < -0.4 is 5.73 Å². The molecule has 0 aromatic carbocycles. The summed E-state index contributed by atoms with van der Waals surface area (Å²) in [7, 11) is 1.60. The van der Waals surface area contributed by atoms with Gasteiger partial charge in [-0.2, -0.15) is 4.98 Å². The summed E-state index contributed by atoms with van der Waals surface area (Å²) in [5.41, 5.74) is 5.89. The van der Waals surface area contributed by atoms with E-state index in [1.54, 1.807) is 7.11 Å². The topological polar surface area (TPSA) is 74.2 Å². The fourth-order valence-electron chi connectivity index (χ4n) is 1.01. The molecule has 0 radical (unpaired) electrons. The van der Waals surface area contributed by atoms with E-state index in [2.05, 4.69) is 10.1 Å². The number of nitrogens with two attached hydrogens (primary N) is 1. The maximum atomic E-state index is 5.99. The molecule has 0 saturated heterocycles. The molecular weight excluding hydrogens is 194 g/mol. The van der Waals surface area contributed by atoms with Crippen molar-refractivity contribution in [1.82, 2.24) is 10.1 Å². The highest BCUT2D eigenvalue weighted by atomic mass is 16.5. The lowest BCUT2D eigenvalue weighted by Crippen LogP contribution is -2.26. The highest BCUT2D eigenvalue weighted by molar-refractivity contribution is 4.97. The third-order valence-corrected chi connectivity index (χ3v) is 2.37. The van der Waals surface area contributed by atoms with Crippen molar-refractivity contribution < 1.29 is 9.26 Å². The van der Waals surface area contributed by atoms with Crippen molar-refractivity contribution in [2.24, 2.45) is 11.1 Å². The van der Waals surface area contributed by atoms with Gasteiger partial charge in [-0.1, -0.05) is 25.9 Å². The second-order valence-corrected chi connectivity index (χ2v) is 4.71. The third kappa shape index (κ3) is 2.76. The summed E-state index contributed by atoms with van der Waals surface area (Å²) in [4.78, 5) is 4.22. The van der Waals surface area contributed by atoms with Crippen molar-refractivity contribution in [3.05, 3.63) is 11.7 Å². The van der Waals surface area contributed by atoms with Crippen LogP contribution in [0.15, 0.2) is 4.52 Å². The Kier molecular flexibility index (Phi) is 3.46. The van der Waals surface area contributed by atoms with Crippen molar-refractivity contribution in [2.75, 3.05) is 7.11 Å². The molecule has 0 saturated carbocycles. The third-order valence-electron chi connectivity index (χ3n) is 2.37. The molecule has 1 aromatic heterocycles. The zero-order chi connectivity index (χ0) is 11.6. The second kappa shape index (κ2) is 4.28. The zero-order valence-corrected chi connectivity index (χ0v) is 9.94. The quantitative estimate of drug-likeness (QED) is 0.829. The Labute approximate surface area is 90.0 Å². The first kappa shape index (κ1) is 12.1. The van der Waals surface area contributed by atoms with Gasteiger partial charge in [-0.05, 0) is 12.3 Å². The lowest BCUT2D eigenvalue weighted by Gasteiger charge is -2.23. The lowest BCUT2D eigenvalue weighted by molar-refractivity contribution is 0.109. The molecule has 1 aromatic rings. The Morgan fingerprint density at radius 3 is 2.47 bits per heavy atom. The van der Waals surface area contributed by atoms with Gasteiger partial charge in [0.1, 0.15) is 6.10 Å². The minimum Gasteiger partial charge on any atom is -0.374 e. The Balaban J connectivity index is 2.85. The molecule has 86 valence electrons. The molecule has 0 spiro atoms. The summed E-state index contributed by atoms with van der Waals surface area (Å²) < 4.78 is 10.2. The largest absolute Gasteiger partial charge is 0.374 e. The van der Waals surface area contributed by atoms with Crippen LogP contribution in [-0.2, 0) is 4.74 Å². The molecule has 5 nitrogen and oxygen atoms in total. The Bertz CT molecular complexity index is 317. The fourth-order valence-corrected chi connectivity index (χ4v) is 1.01. The fraction of sp³-hybridized carbons (Fsp3) is 0.800. The monoisotopic (exact) mass is 213 g/mol. The predicted molar refractivity (Wildman–Crippen MR) is 56.1 cm³/mol. The van der Waals surface area contributed by atoms with Crippen molar-refractivity contribution in [2.45, 2.75) is 39.8 Å². The Morgan fingerprint density at radius 2 is 2.00 bits per heavy atom. The molecule has 5 heteroatoms. The number of methoxy groups -OCH3 is 1. The second-order valence-electron chi connectivity index (χ2n) is 4.71. The van der Waals surface area contributed by atoms with Crippen molar-refractivity contribution in [3.8, 4) is 0 Å². The number of aromatic nitrogens is 2. The van der Waals surface area contributed by atoms with Crippen molar-refractivity contribution in [3.63, 3.8) is 0 Å². The van der Waals surface area contributed by atoms with Gasteiger partial charge in [0.25, 0.3) is 0 Å². The molecule has 0 fully saturated rings. The number of nitrogens with zero attached hydrogens (tertiary/aromatic N) is 2. The maximum absolute atomic E-state index is 5.99. The molecule has 0 aliphatic heterocycles. The van der Waals surface area contributed by atoms with Crippen molar-refractivity contribution in [1.29, 1.82) is 0 Å². The number of rotatable bonds is 3.